The number of halogens is 1. The molecule has 0 saturated carbocycles. The van der Waals surface area contributed by atoms with Crippen LogP contribution in [0.3, 0.4) is 0 Å². The molecule has 0 aliphatic carbocycles. The fourth-order valence-electron chi connectivity index (χ4n) is 2.61. The number of urea groups is 1. The van der Waals surface area contributed by atoms with Crippen molar-refractivity contribution >= 4 is 17.6 Å². The minimum Gasteiger partial charge on any atom is -0.360 e. The zero-order valence-corrected chi connectivity index (χ0v) is 12.9. The first-order chi connectivity index (χ1) is 10.5. The van der Waals surface area contributed by atoms with E-state index >= 15 is 0 Å². The lowest BCUT2D eigenvalue weighted by molar-refractivity contribution is -0.914. The van der Waals surface area contributed by atoms with Crippen LogP contribution in [0.25, 0.3) is 0 Å². The molecule has 0 bridgehead atoms. The topological polar surface area (TPSA) is 65.9 Å². The van der Waals surface area contributed by atoms with Crippen LogP contribution in [0.5, 0.6) is 0 Å². The number of carbonyl (C=O) groups excluding carboxylic acids is 2. The first-order valence-corrected chi connectivity index (χ1v) is 7.39. The Kier molecular flexibility index (Phi) is 5.32. The van der Waals surface area contributed by atoms with Crippen LogP contribution >= 0.6 is 0 Å². The van der Waals surface area contributed by atoms with Crippen LogP contribution in [-0.2, 0) is 4.79 Å². The normalized spacial score (nSPS) is 17.0. The Balaban J connectivity index is 1.87. The minimum atomic E-state index is -0.485. The Bertz CT molecular complexity index is 527. The monoisotopic (exact) mass is 309 g/mol. The number of hydrogen-bond acceptors (Lipinski definition) is 3. The number of quaternary nitrogens is 1. The first-order valence-electron chi connectivity index (χ1n) is 7.39. The van der Waals surface area contributed by atoms with Crippen LogP contribution in [-0.4, -0.2) is 51.2 Å². The van der Waals surface area contributed by atoms with Crippen molar-refractivity contribution in [3.63, 3.8) is 0 Å². The average molecular weight is 309 g/mol. The van der Waals surface area contributed by atoms with Crippen LogP contribution in [0.15, 0.2) is 24.3 Å². The van der Waals surface area contributed by atoms with Gasteiger partial charge < -0.3 is 15.1 Å². The molecule has 0 radical (unpaired) electrons. The van der Waals surface area contributed by atoms with E-state index in [2.05, 4.69) is 15.5 Å². The predicted molar refractivity (Wildman–Crippen MR) is 81.4 cm³/mol. The number of benzene rings is 1. The van der Waals surface area contributed by atoms with Gasteiger partial charge in [-0.2, -0.15) is 0 Å². The van der Waals surface area contributed by atoms with Crippen molar-refractivity contribution < 1.29 is 18.9 Å². The quantitative estimate of drug-likeness (QED) is 0.697. The highest BCUT2D eigenvalue weighted by Crippen LogP contribution is 2.14. The van der Waals surface area contributed by atoms with Gasteiger partial charge in [0.15, 0.2) is 6.04 Å². The fourth-order valence-corrected chi connectivity index (χ4v) is 2.61. The maximum Gasteiger partial charge on any atom is 0.321 e. The zero-order chi connectivity index (χ0) is 16.1. The van der Waals surface area contributed by atoms with Gasteiger partial charge in [0, 0.05) is 12.7 Å². The largest absolute Gasteiger partial charge is 0.360 e. The molecule has 1 aromatic rings. The van der Waals surface area contributed by atoms with Gasteiger partial charge in [-0.3, -0.25) is 10.1 Å². The molecule has 1 aromatic carbocycles. The number of carbonyl (C=O) groups is 2. The molecular formula is C15H22FN4O2+. The van der Waals surface area contributed by atoms with Crippen molar-refractivity contribution in [1.29, 1.82) is 0 Å². The molecule has 1 fully saturated rings. The number of nitrogens with one attached hydrogen (secondary N) is 3. The van der Waals surface area contributed by atoms with Gasteiger partial charge in [0.2, 0.25) is 0 Å². The van der Waals surface area contributed by atoms with Crippen LogP contribution < -0.4 is 20.4 Å². The molecule has 3 amide bonds. The molecule has 1 aliphatic rings. The van der Waals surface area contributed by atoms with Crippen molar-refractivity contribution in [2.45, 2.75) is 13.0 Å². The summed E-state index contributed by atoms with van der Waals surface area (Å²) in [6, 6.07) is 5.67. The molecule has 22 heavy (non-hydrogen) atoms. The summed E-state index contributed by atoms with van der Waals surface area (Å²) >= 11 is 0. The van der Waals surface area contributed by atoms with Crippen LogP contribution in [0.4, 0.5) is 14.9 Å². The molecule has 3 N–H and O–H groups in total. The van der Waals surface area contributed by atoms with E-state index in [1.807, 2.05) is 6.92 Å². The van der Waals surface area contributed by atoms with Gasteiger partial charge in [0.05, 0.1) is 26.2 Å². The van der Waals surface area contributed by atoms with E-state index in [0.29, 0.717) is 0 Å². The van der Waals surface area contributed by atoms with Crippen molar-refractivity contribution in [2.75, 3.05) is 38.1 Å². The van der Waals surface area contributed by atoms with Crippen LogP contribution in [0, 0.1) is 5.82 Å². The number of rotatable bonds is 3. The van der Waals surface area contributed by atoms with Crippen molar-refractivity contribution in [2.24, 2.45) is 0 Å². The second kappa shape index (κ2) is 7.22. The number of nitrogens with zero attached hydrogens (tertiary/aromatic N) is 1. The molecule has 0 unspecified atom stereocenters. The molecule has 7 heteroatoms. The third-order valence-electron chi connectivity index (χ3n) is 4.07. The van der Waals surface area contributed by atoms with E-state index in [-0.39, 0.29) is 17.8 Å². The minimum absolute atomic E-state index is 0.243. The Morgan fingerprint density at radius 2 is 1.82 bits per heavy atom. The highest BCUT2D eigenvalue weighted by atomic mass is 19.1. The molecule has 1 heterocycles. The highest BCUT2D eigenvalue weighted by Gasteiger charge is 2.29. The number of piperazine rings is 1. The molecule has 0 aromatic heterocycles. The first kappa shape index (κ1) is 16.2. The van der Waals surface area contributed by atoms with Crippen molar-refractivity contribution in [1.82, 2.24) is 10.6 Å². The van der Waals surface area contributed by atoms with Gasteiger partial charge >= 0.3 is 6.03 Å². The summed E-state index contributed by atoms with van der Waals surface area (Å²) in [7, 11) is 1.47. The van der Waals surface area contributed by atoms with Gasteiger partial charge in [0.25, 0.3) is 5.91 Å². The summed E-state index contributed by atoms with van der Waals surface area (Å²) in [5.41, 5.74) is 0.989. The third kappa shape index (κ3) is 3.94. The molecule has 1 aliphatic heterocycles. The maximum absolute atomic E-state index is 12.9. The lowest BCUT2D eigenvalue weighted by Crippen LogP contribution is -3.19. The number of imide groups is 1. The molecule has 2 rings (SSSR count). The van der Waals surface area contributed by atoms with E-state index in [9.17, 15) is 14.0 Å². The molecule has 1 atom stereocenters. The maximum atomic E-state index is 12.9. The van der Waals surface area contributed by atoms with Crippen LogP contribution in [0.1, 0.15) is 6.92 Å². The number of amides is 3. The van der Waals surface area contributed by atoms with Crippen molar-refractivity contribution in [3.05, 3.63) is 30.1 Å². The van der Waals surface area contributed by atoms with E-state index in [0.717, 1.165) is 36.8 Å². The SMILES string of the molecule is CNC(=O)NC(=O)[C@@H](C)[NH+]1CCN(c2ccc(F)cc2)CC1. The number of anilines is 1. The van der Waals surface area contributed by atoms with Gasteiger partial charge in [-0.15, -0.1) is 0 Å². The average Bonchev–Trinajstić information content (AvgIpc) is 2.55. The summed E-state index contributed by atoms with van der Waals surface area (Å²) in [5, 5.41) is 4.68. The van der Waals surface area contributed by atoms with Gasteiger partial charge in [-0.05, 0) is 31.2 Å². The molecular weight excluding hydrogens is 287 g/mol. The predicted octanol–water partition coefficient (Wildman–Crippen LogP) is -0.625. The number of hydrogen-bond donors (Lipinski definition) is 3. The summed E-state index contributed by atoms with van der Waals surface area (Å²) in [6.45, 7) is 4.98. The summed E-state index contributed by atoms with van der Waals surface area (Å²) in [6.07, 6.45) is 0. The Morgan fingerprint density at radius 1 is 1.23 bits per heavy atom. The third-order valence-corrected chi connectivity index (χ3v) is 4.07. The lowest BCUT2D eigenvalue weighted by Gasteiger charge is -2.35. The molecule has 120 valence electrons. The second-order valence-corrected chi connectivity index (χ2v) is 5.41. The van der Waals surface area contributed by atoms with Gasteiger partial charge in [-0.25, -0.2) is 9.18 Å². The Labute approximate surface area is 129 Å². The Morgan fingerprint density at radius 3 is 2.36 bits per heavy atom. The standard InChI is InChI=1S/C15H21FN4O2/c1-11(14(21)18-15(22)17-2)19-7-9-20(10-8-19)13-5-3-12(16)4-6-13/h3-6,11H,7-10H2,1-2H3,(H2,17,18,21,22)/p+1/t11-/m1/s1. The van der Waals surface area contributed by atoms with E-state index in [1.54, 1.807) is 12.1 Å². The molecule has 1 saturated heterocycles. The Hall–Kier alpha value is -2.15. The second-order valence-electron chi connectivity index (χ2n) is 5.41. The van der Waals surface area contributed by atoms with Crippen LogP contribution in [0.2, 0.25) is 0 Å². The summed E-state index contributed by atoms with van der Waals surface area (Å²) < 4.78 is 12.9. The molecule has 0 spiro atoms. The summed E-state index contributed by atoms with van der Waals surface area (Å²) in [5.74, 6) is -0.517. The van der Waals surface area contributed by atoms with Gasteiger partial charge in [-0.1, -0.05) is 0 Å². The lowest BCUT2D eigenvalue weighted by atomic mass is 10.2. The van der Waals surface area contributed by atoms with E-state index < -0.39 is 6.03 Å². The fraction of sp³-hybridized carbons (Fsp3) is 0.467. The van der Waals surface area contributed by atoms with Gasteiger partial charge in [0.1, 0.15) is 5.82 Å². The van der Waals surface area contributed by atoms with Crippen molar-refractivity contribution in [3.8, 4) is 0 Å². The zero-order valence-electron chi connectivity index (χ0n) is 12.9. The highest BCUT2D eigenvalue weighted by molar-refractivity contribution is 5.96. The molecule has 6 nitrogen and oxygen atoms in total. The summed E-state index contributed by atoms with van der Waals surface area (Å²) in [4.78, 5) is 26.4. The smallest absolute Gasteiger partial charge is 0.321 e. The van der Waals surface area contributed by atoms with E-state index in [4.69, 9.17) is 0 Å². The van der Waals surface area contributed by atoms with E-state index in [1.165, 1.54) is 19.2 Å².